The first kappa shape index (κ1) is 23.0. The van der Waals surface area contributed by atoms with Crippen molar-refractivity contribution < 1.29 is 18.0 Å². The molecule has 0 heterocycles. The molecule has 32 heavy (non-hydrogen) atoms. The van der Waals surface area contributed by atoms with E-state index in [1.165, 1.54) is 36.4 Å². The highest BCUT2D eigenvalue weighted by Gasteiger charge is 2.15. The summed E-state index contributed by atoms with van der Waals surface area (Å²) in [5, 5.41) is 2.77. The molecule has 0 saturated heterocycles. The highest BCUT2D eigenvalue weighted by molar-refractivity contribution is 7.92. The minimum atomic E-state index is -3.71. The number of hydrogen-bond donors (Lipinski definition) is 2. The van der Waals surface area contributed by atoms with E-state index < -0.39 is 10.0 Å². The zero-order chi connectivity index (χ0) is 23.1. The second-order valence-electron chi connectivity index (χ2n) is 7.01. The van der Waals surface area contributed by atoms with Gasteiger partial charge in [-0.15, -0.1) is 0 Å². The van der Waals surface area contributed by atoms with Crippen molar-refractivity contribution in [2.24, 2.45) is 0 Å². The Hall–Kier alpha value is -3.65. The molecule has 2 amide bonds. The summed E-state index contributed by atoms with van der Waals surface area (Å²) in [5.74, 6) is -0.462. The molecule has 166 valence electrons. The molecule has 3 aromatic carbocycles. The van der Waals surface area contributed by atoms with Crippen LogP contribution in [0.4, 0.5) is 11.4 Å². The molecule has 0 aliphatic rings. The molecule has 2 N–H and O–H groups in total. The van der Waals surface area contributed by atoms with Gasteiger partial charge in [0.2, 0.25) is 0 Å². The maximum Gasteiger partial charge on any atom is 0.261 e. The standard InChI is InChI=1S/C24H25N3O4S/c1-3-27(4-2)24(29)19-9-8-10-21(17-19)25-23(28)18-13-15-20(16-14-18)26-32(30,31)22-11-6-5-7-12-22/h5-17,26H,3-4H2,1-2H3,(H,25,28). The monoisotopic (exact) mass is 451 g/mol. The third-order valence-corrected chi connectivity index (χ3v) is 6.27. The maximum atomic E-state index is 12.6. The van der Waals surface area contributed by atoms with Gasteiger partial charge in [-0.05, 0) is 68.4 Å². The second-order valence-corrected chi connectivity index (χ2v) is 8.69. The van der Waals surface area contributed by atoms with E-state index in [9.17, 15) is 18.0 Å². The third kappa shape index (κ3) is 5.53. The topological polar surface area (TPSA) is 95.6 Å². The van der Waals surface area contributed by atoms with E-state index >= 15 is 0 Å². The van der Waals surface area contributed by atoms with Gasteiger partial charge in [0.05, 0.1) is 4.90 Å². The SMILES string of the molecule is CCN(CC)C(=O)c1cccc(NC(=O)c2ccc(NS(=O)(=O)c3ccccc3)cc2)c1. The van der Waals surface area contributed by atoms with Gasteiger partial charge in [-0.25, -0.2) is 8.42 Å². The summed E-state index contributed by atoms with van der Waals surface area (Å²) in [6.45, 7) is 5.03. The summed E-state index contributed by atoms with van der Waals surface area (Å²) >= 11 is 0. The van der Waals surface area contributed by atoms with Gasteiger partial charge >= 0.3 is 0 Å². The van der Waals surface area contributed by atoms with E-state index in [0.717, 1.165) is 0 Å². The number of hydrogen-bond acceptors (Lipinski definition) is 4. The Bertz CT molecular complexity index is 1190. The second kappa shape index (κ2) is 10.1. The Kier molecular flexibility index (Phi) is 7.27. The molecule has 3 rings (SSSR count). The Morgan fingerprint density at radius 1 is 0.781 bits per heavy atom. The third-order valence-electron chi connectivity index (χ3n) is 4.87. The lowest BCUT2D eigenvalue weighted by molar-refractivity contribution is 0.0772. The minimum absolute atomic E-state index is 0.0962. The molecule has 0 atom stereocenters. The minimum Gasteiger partial charge on any atom is -0.339 e. The largest absolute Gasteiger partial charge is 0.339 e. The number of nitrogens with one attached hydrogen (secondary N) is 2. The van der Waals surface area contributed by atoms with E-state index in [4.69, 9.17) is 0 Å². The Balaban J connectivity index is 1.69. The Labute approximate surface area is 188 Å². The number of carbonyl (C=O) groups excluding carboxylic acids is 2. The van der Waals surface area contributed by atoms with Gasteiger partial charge in [0.1, 0.15) is 0 Å². The number of sulfonamides is 1. The first-order chi connectivity index (χ1) is 15.3. The van der Waals surface area contributed by atoms with Crippen LogP contribution in [0.2, 0.25) is 0 Å². The van der Waals surface area contributed by atoms with E-state index in [1.54, 1.807) is 47.4 Å². The molecular formula is C24H25N3O4S. The lowest BCUT2D eigenvalue weighted by Crippen LogP contribution is -2.30. The summed E-state index contributed by atoms with van der Waals surface area (Å²) in [7, 11) is -3.71. The van der Waals surface area contributed by atoms with Crippen LogP contribution in [0.3, 0.4) is 0 Å². The van der Waals surface area contributed by atoms with Crippen LogP contribution < -0.4 is 10.0 Å². The van der Waals surface area contributed by atoms with Gasteiger partial charge in [-0.3, -0.25) is 14.3 Å². The lowest BCUT2D eigenvalue weighted by Gasteiger charge is -2.19. The van der Waals surface area contributed by atoms with Crippen LogP contribution in [0.15, 0.2) is 83.8 Å². The van der Waals surface area contributed by atoms with Gasteiger partial charge in [-0.2, -0.15) is 0 Å². The molecule has 7 nitrogen and oxygen atoms in total. The molecular weight excluding hydrogens is 426 g/mol. The van der Waals surface area contributed by atoms with Crippen LogP contribution in [0, 0.1) is 0 Å². The average molecular weight is 452 g/mol. The van der Waals surface area contributed by atoms with Crippen molar-refractivity contribution in [3.63, 3.8) is 0 Å². The molecule has 0 aromatic heterocycles. The van der Waals surface area contributed by atoms with Crippen molar-refractivity contribution in [3.8, 4) is 0 Å². The van der Waals surface area contributed by atoms with Gasteiger partial charge in [0, 0.05) is 35.6 Å². The van der Waals surface area contributed by atoms with Crippen LogP contribution in [0.5, 0.6) is 0 Å². The lowest BCUT2D eigenvalue weighted by atomic mass is 10.1. The highest BCUT2D eigenvalue weighted by atomic mass is 32.2. The molecule has 0 bridgehead atoms. The molecule has 3 aromatic rings. The molecule has 0 aliphatic carbocycles. The van der Waals surface area contributed by atoms with Crippen LogP contribution >= 0.6 is 0 Å². The Morgan fingerprint density at radius 2 is 1.44 bits per heavy atom. The average Bonchev–Trinajstić information content (AvgIpc) is 2.81. The van der Waals surface area contributed by atoms with Crippen LogP contribution in [0.25, 0.3) is 0 Å². The summed E-state index contributed by atoms with van der Waals surface area (Å²) < 4.78 is 27.3. The van der Waals surface area contributed by atoms with Gasteiger partial charge < -0.3 is 10.2 Å². The van der Waals surface area contributed by atoms with Gasteiger partial charge in [0.15, 0.2) is 0 Å². The van der Waals surface area contributed by atoms with E-state index in [-0.39, 0.29) is 16.7 Å². The fourth-order valence-corrected chi connectivity index (χ4v) is 4.21. The number of carbonyl (C=O) groups is 2. The van der Waals surface area contributed by atoms with Crippen LogP contribution in [-0.4, -0.2) is 38.2 Å². The highest BCUT2D eigenvalue weighted by Crippen LogP contribution is 2.18. The number of benzene rings is 3. The zero-order valence-corrected chi connectivity index (χ0v) is 18.7. The first-order valence-corrected chi connectivity index (χ1v) is 11.7. The van der Waals surface area contributed by atoms with Gasteiger partial charge in [-0.1, -0.05) is 24.3 Å². The fourth-order valence-electron chi connectivity index (χ4n) is 3.13. The molecule has 0 unspecified atom stereocenters. The summed E-state index contributed by atoms with van der Waals surface area (Å²) in [4.78, 5) is 27.0. The smallest absolute Gasteiger partial charge is 0.261 e. The number of rotatable bonds is 8. The van der Waals surface area contributed by atoms with Crippen LogP contribution in [-0.2, 0) is 10.0 Å². The molecule has 0 spiro atoms. The number of anilines is 2. The van der Waals surface area contributed by atoms with Crippen molar-refractivity contribution in [2.75, 3.05) is 23.1 Å². The van der Waals surface area contributed by atoms with E-state index in [2.05, 4.69) is 10.0 Å². The van der Waals surface area contributed by atoms with E-state index in [0.29, 0.717) is 35.6 Å². The predicted molar refractivity (Wildman–Crippen MR) is 125 cm³/mol. The molecule has 8 heteroatoms. The van der Waals surface area contributed by atoms with Crippen molar-refractivity contribution in [1.29, 1.82) is 0 Å². The molecule has 0 fully saturated rings. The van der Waals surface area contributed by atoms with Gasteiger partial charge in [0.25, 0.3) is 21.8 Å². The molecule has 0 aliphatic heterocycles. The predicted octanol–water partition coefficient (Wildman–Crippen LogP) is 4.22. The Morgan fingerprint density at radius 3 is 2.06 bits per heavy atom. The first-order valence-electron chi connectivity index (χ1n) is 10.2. The van der Waals surface area contributed by atoms with Crippen molar-refractivity contribution >= 4 is 33.2 Å². The summed E-state index contributed by atoms with van der Waals surface area (Å²) in [6, 6.07) is 20.9. The van der Waals surface area contributed by atoms with Crippen molar-refractivity contribution in [3.05, 3.63) is 90.0 Å². The maximum absolute atomic E-state index is 12.6. The zero-order valence-electron chi connectivity index (χ0n) is 17.9. The quantitative estimate of drug-likeness (QED) is 0.536. The summed E-state index contributed by atoms with van der Waals surface area (Å²) in [6.07, 6.45) is 0. The van der Waals surface area contributed by atoms with Crippen LogP contribution in [0.1, 0.15) is 34.6 Å². The van der Waals surface area contributed by atoms with E-state index in [1.807, 2.05) is 13.8 Å². The number of nitrogens with zero attached hydrogens (tertiary/aromatic N) is 1. The fraction of sp³-hybridized carbons (Fsp3) is 0.167. The number of amides is 2. The normalized spacial score (nSPS) is 10.9. The van der Waals surface area contributed by atoms with Crippen molar-refractivity contribution in [1.82, 2.24) is 4.90 Å². The molecule has 0 radical (unpaired) electrons. The van der Waals surface area contributed by atoms with Crippen molar-refractivity contribution in [2.45, 2.75) is 18.7 Å². The summed E-state index contributed by atoms with van der Waals surface area (Å²) in [5.41, 5.74) is 1.70. The molecule has 0 saturated carbocycles.